The minimum atomic E-state index is -0.495. The van der Waals surface area contributed by atoms with E-state index >= 15 is 0 Å². The molecule has 1 aliphatic rings. The molecule has 134 valence electrons. The number of amides is 2. The van der Waals surface area contributed by atoms with Crippen LogP contribution in [0.25, 0.3) is 0 Å². The van der Waals surface area contributed by atoms with Gasteiger partial charge in [0.05, 0.1) is 5.69 Å². The van der Waals surface area contributed by atoms with Gasteiger partial charge in [-0.3, -0.25) is 9.59 Å². The highest BCUT2D eigenvalue weighted by molar-refractivity contribution is 8.15. The van der Waals surface area contributed by atoms with E-state index in [0.29, 0.717) is 15.9 Å². The number of para-hydroxylation sites is 1. The van der Waals surface area contributed by atoms with Crippen LogP contribution in [0.1, 0.15) is 17.5 Å². The third-order valence-corrected chi connectivity index (χ3v) is 5.28. The Labute approximate surface area is 161 Å². The van der Waals surface area contributed by atoms with Crippen molar-refractivity contribution in [1.29, 1.82) is 0 Å². The minimum absolute atomic E-state index is 0.0872. The van der Waals surface area contributed by atoms with Gasteiger partial charge in [0, 0.05) is 17.1 Å². The molecule has 1 heterocycles. The highest BCUT2D eigenvalue weighted by Gasteiger charge is 2.32. The summed E-state index contributed by atoms with van der Waals surface area (Å²) in [7, 11) is 0. The summed E-state index contributed by atoms with van der Waals surface area (Å²) in [6.45, 7) is 3.88. The highest BCUT2D eigenvalue weighted by Crippen LogP contribution is 2.27. The number of nitrogens with zero attached hydrogens (tertiary/aromatic N) is 1. The maximum absolute atomic E-state index is 12.4. The quantitative estimate of drug-likeness (QED) is 0.825. The number of hydrogen-bond donors (Lipinski definition) is 2. The third kappa shape index (κ3) is 4.45. The van der Waals surface area contributed by atoms with Crippen molar-refractivity contribution in [3.63, 3.8) is 0 Å². The zero-order valence-corrected chi connectivity index (χ0v) is 15.9. The van der Waals surface area contributed by atoms with Crippen LogP contribution in [-0.4, -0.2) is 22.2 Å². The first-order chi connectivity index (χ1) is 12.4. The number of anilines is 1. The lowest BCUT2D eigenvalue weighted by molar-refractivity contribution is -0.122. The van der Waals surface area contributed by atoms with Gasteiger partial charge >= 0.3 is 0 Å². The zero-order chi connectivity index (χ0) is 18.7. The van der Waals surface area contributed by atoms with E-state index in [1.807, 2.05) is 32.0 Å². The number of carbonyl (C=O) groups excluding carboxylic acids is 2. The van der Waals surface area contributed by atoms with Gasteiger partial charge in [-0.2, -0.15) is 0 Å². The molecule has 0 radical (unpaired) electrons. The number of thioether (sulfide) groups is 1. The Balaban J connectivity index is 1.64. The summed E-state index contributed by atoms with van der Waals surface area (Å²) >= 11 is 7.11. The number of halogens is 1. The summed E-state index contributed by atoms with van der Waals surface area (Å²) in [5.41, 5.74) is 3.48. The van der Waals surface area contributed by atoms with Crippen LogP contribution in [0.2, 0.25) is 5.02 Å². The standard InChI is InChI=1S/C19H18ClN3O2S/c1-11-4-3-5-12(2)17(11)22-16(24)10-15-18(25)23-19(26-15)21-14-8-6-13(20)7-9-14/h3-9,15H,10H2,1-2H3,(H,22,24)(H,21,23,25)/t15-/m0/s1. The van der Waals surface area contributed by atoms with E-state index in [0.717, 1.165) is 16.8 Å². The van der Waals surface area contributed by atoms with Gasteiger partial charge in [0.1, 0.15) is 5.25 Å². The Hall–Kier alpha value is -2.31. The number of aryl methyl sites for hydroxylation is 2. The van der Waals surface area contributed by atoms with Crippen molar-refractivity contribution in [2.75, 3.05) is 5.32 Å². The Morgan fingerprint density at radius 1 is 1.19 bits per heavy atom. The van der Waals surface area contributed by atoms with Crippen LogP contribution in [0.3, 0.4) is 0 Å². The summed E-state index contributed by atoms with van der Waals surface area (Å²) in [5, 5.41) is 6.25. The molecule has 1 aliphatic heterocycles. The average molecular weight is 388 g/mol. The topological polar surface area (TPSA) is 70.6 Å². The summed E-state index contributed by atoms with van der Waals surface area (Å²) in [5.74, 6) is -0.401. The maximum atomic E-state index is 12.4. The van der Waals surface area contributed by atoms with Crippen molar-refractivity contribution in [3.8, 4) is 0 Å². The predicted octanol–water partition coefficient (Wildman–Crippen LogP) is 4.20. The number of aliphatic imine (C=N–C) groups is 1. The van der Waals surface area contributed by atoms with Crippen molar-refractivity contribution in [2.45, 2.75) is 25.5 Å². The molecule has 0 aromatic heterocycles. The van der Waals surface area contributed by atoms with Crippen molar-refractivity contribution in [2.24, 2.45) is 4.99 Å². The van der Waals surface area contributed by atoms with Crippen LogP contribution in [0.4, 0.5) is 11.4 Å². The summed E-state index contributed by atoms with van der Waals surface area (Å²) in [4.78, 5) is 28.9. The number of carbonyl (C=O) groups is 2. The first-order valence-corrected chi connectivity index (χ1v) is 9.36. The number of benzene rings is 2. The Kier molecular flexibility index (Phi) is 5.64. The van der Waals surface area contributed by atoms with Crippen LogP contribution in [0, 0.1) is 13.8 Å². The summed E-state index contributed by atoms with van der Waals surface area (Å²) in [6, 6.07) is 12.8. The molecule has 0 bridgehead atoms. The maximum Gasteiger partial charge on any atom is 0.240 e. The fourth-order valence-electron chi connectivity index (χ4n) is 2.60. The van der Waals surface area contributed by atoms with Crippen LogP contribution in [0.5, 0.6) is 0 Å². The molecule has 0 spiro atoms. The normalized spacial score (nSPS) is 18.0. The number of hydrogen-bond acceptors (Lipinski definition) is 4. The van der Waals surface area contributed by atoms with E-state index < -0.39 is 5.25 Å². The van der Waals surface area contributed by atoms with E-state index in [4.69, 9.17) is 11.6 Å². The van der Waals surface area contributed by atoms with Crippen molar-refractivity contribution >= 4 is 51.7 Å². The first kappa shape index (κ1) is 18.5. The third-order valence-electron chi connectivity index (χ3n) is 3.95. The van der Waals surface area contributed by atoms with Gasteiger partial charge in [-0.15, -0.1) is 0 Å². The number of nitrogens with one attached hydrogen (secondary N) is 2. The molecular weight excluding hydrogens is 370 g/mol. The van der Waals surface area contributed by atoms with Gasteiger partial charge in [0.2, 0.25) is 11.8 Å². The fourth-order valence-corrected chi connectivity index (χ4v) is 3.71. The smallest absolute Gasteiger partial charge is 0.240 e. The van der Waals surface area contributed by atoms with Gasteiger partial charge in [0.15, 0.2) is 5.17 Å². The van der Waals surface area contributed by atoms with Gasteiger partial charge < -0.3 is 10.6 Å². The van der Waals surface area contributed by atoms with E-state index in [-0.39, 0.29) is 18.2 Å². The Morgan fingerprint density at radius 2 is 1.85 bits per heavy atom. The monoisotopic (exact) mass is 387 g/mol. The van der Waals surface area contributed by atoms with Gasteiger partial charge in [-0.1, -0.05) is 41.6 Å². The van der Waals surface area contributed by atoms with E-state index in [9.17, 15) is 9.59 Å². The molecule has 0 unspecified atom stereocenters. The lowest BCUT2D eigenvalue weighted by Gasteiger charge is -2.12. The van der Waals surface area contributed by atoms with Gasteiger partial charge in [-0.05, 0) is 49.2 Å². The van der Waals surface area contributed by atoms with Crippen LogP contribution in [0.15, 0.2) is 47.5 Å². The second-order valence-electron chi connectivity index (χ2n) is 6.01. The van der Waals surface area contributed by atoms with Crippen molar-refractivity contribution in [3.05, 3.63) is 58.6 Å². The molecule has 0 aliphatic carbocycles. The summed E-state index contributed by atoms with van der Waals surface area (Å²) < 4.78 is 0. The molecule has 2 N–H and O–H groups in total. The first-order valence-electron chi connectivity index (χ1n) is 8.10. The Bertz CT molecular complexity index is 861. The van der Waals surface area contributed by atoms with Crippen molar-refractivity contribution in [1.82, 2.24) is 5.32 Å². The van der Waals surface area contributed by atoms with Crippen LogP contribution in [-0.2, 0) is 9.59 Å². The second-order valence-corrected chi connectivity index (χ2v) is 7.64. The molecule has 1 atom stereocenters. The SMILES string of the molecule is Cc1cccc(C)c1NC(=O)C[C@@H]1SC(=Nc2ccc(Cl)cc2)NC1=O. The number of rotatable bonds is 4. The van der Waals surface area contributed by atoms with E-state index in [1.54, 1.807) is 24.3 Å². The lowest BCUT2D eigenvalue weighted by atomic mass is 10.1. The molecular formula is C19H18ClN3O2S. The van der Waals surface area contributed by atoms with Gasteiger partial charge in [0.25, 0.3) is 0 Å². The molecule has 26 heavy (non-hydrogen) atoms. The van der Waals surface area contributed by atoms with E-state index in [2.05, 4.69) is 15.6 Å². The molecule has 2 aromatic rings. The largest absolute Gasteiger partial charge is 0.326 e. The molecule has 2 amide bonds. The fraction of sp³-hybridized carbons (Fsp3) is 0.211. The molecule has 0 saturated carbocycles. The summed E-state index contributed by atoms with van der Waals surface area (Å²) in [6.07, 6.45) is 0.0872. The average Bonchev–Trinajstić information content (AvgIpc) is 2.92. The van der Waals surface area contributed by atoms with Crippen LogP contribution < -0.4 is 10.6 Å². The van der Waals surface area contributed by atoms with E-state index in [1.165, 1.54) is 11.8 Å². The molecule has 1 fully saturated rings. The molecule has 7 heteroatoms. The van der Waals surface area contributed by atoms with Gasteiger partial charge in [-0.25, -0.2) is 4.99 Å². The van der Waals surface area contributed by atoms with Crippen LogP contribution >= 0.6 is 23.4 Å². The molecule has 1 saturated heterocycles. The zero-order valence-electron chi connectivity index (χ0n) is 14.4. The lowest BCUT2D eigenvalue weighted by Crippen LogP contribution is -2.28. The highest BCUT2D eigenvalue weighted by atomic mass is 35.5. The number of amidine groups is 1. The van der Waals surface area contributed by atoms with Crippen molar-refractivity contribution < 1.29 is 9.59 Å². The predicted molar refractivity (Wildman–Crippen MR) is 107 cm³/mol. The molecule has 2 aromatic carbocycles. The molecule has 3 rings (SSSR count). The molecule has 5 nitrogen and oxygen atoms in total. The minimum Gasteiger partial charge on any atom is -0.326 e. The Morgan fingerprint density at radius 3 is 2.50 bits per heavy atom. The second kappa shape index (κ2) is 7.93.